The van der Waals surface area contributed by atoms with E-state index in [-0.39, 0.29) is 5.75 Å². The van der Waals surface area contributed by atoms with Crippen LogP contribution in [0.1, 0.15) is 19.4 Å². The topological polar surface area (TPSA) is 76.0 Å². The Bertz CT molecular complexity index is 453. The molecule has 6 nitrogen and oxygen atoms in total. The normalized spacial score (nSPS) is 12.2. The number of rotatable bonds is 8. The third-order valence-corrected chi connectivity index (χ3v) is 3.73. The average Bonchev–Trinajstić information content (AvgIpc) is 2.63. The Morgan fingerprint density at radius 3 is 2.67 bits per heavy atom. The summed E-state index contributed by atoms with van der Waals surface area (Å²) in [5.41, 5.74) is 1.07. The second kappa shape index (κ2) is 6.86. The fourth-order valence-corrected chi connectivity index (χ4v) is 2.39. The number of hydrogen-bond donors (Lipinski definition) is 2. The highest BCUT2D eigenvalue weighted by atomic mass is 32.2. The molecule has 0 amide bonds. The number of hydrogen-bond acceptors (Lipinski definition) is 4. The van der Waals surface area contributed by atoms with Crippen LogP contribution in [0, 0.1) is 6.92 Å². The van der Waals surface area contributed by atoms with E-state index < -0.39 is 10.0 Å². The minimum atomic E-state index is -3.19. The number of nitrogens with zero attached hydrogens (tertiary/aromatic N) is 2. The Morgan fingerprint density at radius 1 is 1.39 bits per heavy atom. The van der Waals surface area contributed by atoms with E-state index in [0.29, 0.717) is 25.7 Å². The van der Waals surface area contributed by atoms with Crippen LogP contribution < -0.4 is 10.0 Å². The summed E-state index contributed by atoms with van der Waals surface area (Å²) in [6.07, 6.45) is 3.63. The molecule has 0 aliphatic rings. The quantitative estimate of drug-likeness (QED) is 0.705. The van der Waals surface area contributed by atoms with E-state index in [0.717, 1.165) is 5.56 Å². The van der Waals surface area contributed by atoms with Crippen molar-refractivity contribution in [1.82, 2.24) is 19.8 Å². The molecule has 7 heteroatoms. The van der Waals surface area contributed by atoms with Gasteiger partial charge in [-0.2, -0.15) is 5.10 Å². The molecule has 2 N–H and O–H groups in total. The standard InChI is InChI=1S/C11H22N4O2S/c1-10(2)12-5-7-18(16,17)14-4-6-15-9-11(3)8-13-15/h8-10,12,14H,4-7H2,1-3H3. The average molecular weight is 274 g/mol. The number of aromatic nitrogens is 2. The Kier molecular flexibility index (Phi) is 5.77. The molecular formula is C11H22N4O2S. The van der Waals surface area contributed by atoms with Gasteiger partial charge in [-0.25, -0.2) is 13.1 Å². The number of sulfonamides is 1. The first-order valence-electron chi connectivity index (χ1n) is 6.09. The second-order valence-electron chi connectivity index (χ2n) is 4.60. The molecule has 1 heterocycles. The van der Waals surface area contributed by atoms with Gasteiger partial charge < -0.3 is 5.32 Å². The smallest absolute Gasteiger partial charge is 0.212 e. The van der Waals surface area contributed by atoms with Crippen molar-refractivity contribution in [2.24, 2.45) is 0 Å². The molecule has 18 heavy (non-hydrogen) atoms. The van der Waals surface area contributed by atoms with Crippen LogP contribution in [0.2, 0.25) is 0 Å². The van der Waals surface area contributed by atoms with Gasteiger partial charge in [0.15, 0.2) is 0 Å². The summed E-state index contributed by atoms with van der Waals surface area (Å²) in [6, 6.07) is 0.298. The van der Waals surface area contributed by atoms with Gasteiger partial charge in [0.2, 0.25) is 10.0 Å². The molecule has 1 aromatic heterocycles. The van der Waals surface area contributed by atoms with Crippen LogP contribution in [-0.4, -0.2) is 43.1 Å². The molecule has 0 saturated carbocycles. The maximum atomic E-state index is 11.6. The summed E-state index contributed by atoms with van der Waals surface area (Å²) in [5, 5.41) is 7.17. The van der Waals surface area contributed by atoms with Gasteiger partial charge in [-0.05, 0) is 12.5 Å². The predicted octanol–water partition coefficient (Wildman–Crippen LogP) is 0.109. The van der Waals surface area contributed by atoms with Crippen LogP contribution in [0.15, 0.2) is 12.4 Å². The van der Waals surface area contributed by atoms with Crippen molar-refractivity contribution in [3.8, 4) is 0 Å². The van der Waals surface area contributed by atoms with E-state index in [1.165, 1.54) is 0 Å². The summed E-state index contributed by atoms with van der Waals surface area (Å²) in [6.45, 7) is 7.30. The van der Waals surface area contributed by atoms with E-state index in [1.54, 1.807) is 10.9 Å². The van der Waals surface area contributed by atoms with Crippen LogP contribution in [0.4, 0.5) is 0 Å². The van der Waals surface area contributed by atoms with Gasteiger partial charge in [-0.15, -0.1) is 0 Å². The third kappa shape index (κ3) is 6.13. The van der Waals surface area contributed by atoms with Crippen LogP contribution in [0.5, 0.6) is 0 Å². The fraction of sp³-hybridized carbons (Fsp3) is 0.727. The van der Waals surface area contributed by atoms with E-state index in [4.69, 9.17) is 0 Å². The van der Waals surface area contributed by atoms with Crippen LogP contribution in [-0.2, 0) is 16.6 Å². The third-order valence-electron chi connectivity index (χ3n) is 2.35. The summed E-state index contributed by atoms with van der Waals surface area (Å²) >= 11 is 0. The monoisotopic (exact) mass is 274 g/mol. The second-order valence-corrected chi connectivity index (χ2v) is 6.53. The Hall–Kier alpha value is -0.920. The van der Waals surface area contributed by atoms with E-state index in [9.17, 15) is 8.42 Å². The molecule has 0 aromatic carbocycles. The highest BCUT2D eigenvalue weighted by molar-refractivity contribution is 7.89. The summed E-state index contributed by atoms with van der Waals surface area (Å²) < 4.78 is 27.5. The minimum absolute atomic E-state index is 0.101. The Morgan fingerprint density at radius 2 is 2.11 bits per heavy atom. The van der Waals surface area contributed by atoms with Crippen LogP contribution in [0.3, 0.4) is 0 Å². The Balaban J connectivity index is 2.25. The molecule has 104 valence electrons. The molecule has 1 rings (SSSR count). The van der Waals surface area contributed by atoms with Gasteiger partial charge in [0.1, 0.15) is 0 Å². The molecule has 0 bridgehead atoms. The molecule has 0 aliphatic carbocycles. The zero-order valence-corrected chi connectivity index (χ0v) is 12.0. The molecule has 1 aromatic rings. The lowest BCUT2D eigenvalue weighted by molar-refractivity contribution is 0.552. The summed E-state index contributed by atoms with van der Waals surface area (Å²) in [4.78, 5) is 0. The van der Waals surface area contributed by atoms with Gasteiger partial charge >= 0.3 is 0 Å². The molecule has 0 radical (unpaired) electrons. The first-order chi connectivity index (χ1) is 8.39. The molecule has 0 saturated heterocycles. The lowest BCUT2D eigenvalue weighted by atomic mass is 10.4. The fourth-order valence-electron chi connectivity index (χ4n) is 1.46. The van der Waals surface area contributed by atoms with Crippen molar-refractivity contribution in [2.75, 3.05) is 18.8 Å². The molecule has 0 atom stereocenters. The van der Waals surface area contributed by atoms with Crippen LogP contribution in [0.25, 0.3) is 0 Å². The van der Waals surface area contributed by atoms with Crippen molar-refractivity contribution in [2.45, 2.75) is 33.4 Å². The van der Waals surface area contributed by atoms with Gasteiger partial charge in [0.25, 0.3) is 0 Å². The summed E-state index contributed by atoms with van der Waals surface area (Å²) in [7, 11) is -3.19. The molecule has 0 aliphatic heterocycles. The lowest BCUT2D eigenvalue weighted by Gasteiger charge is -2.09. The first kappa shape index (κ1) is 15.1. The first-order valence-corrected chi connectivity index (χ1v) is 7.74. The molecular weight excluding hydrogens is 252 g/mol. The van der Waals surface area contributed by atoms with Crippen molar-refractivity contribution < 1.29 is 8.42 Å². The molecule has 0 spiro atoms. The molecule has 0 unspecified atom stereocenters. The van der Waals surface area contributed by atoms with Crippen LogP contribution >= 0.6 is 0 Å². The molecule has 0 fully saturated rings. The highest BCUT2D eigenvalue weighted by Gasteiger charge is 2.09. The van der Waals surface area contributed by atoms with Crippen molar-refractivity contribution in [3.63, 3.8) is 0 Å². The van der Waals surface area contributed by atoms with Gasteiger partial charge in [-0.3, -0.25) is 4.68 Å². The van der Waals surface area contributed by atoms with Crippen molar-refractivity contribution >= 4 is 10.0 Å². The minimum Gasteiger partial charge on any atom is -0.313 e. The maximum Gasteiger partial charge on any atom is 0.212 e. The zero-order valence-electron chi connectivity index (χ0n) is 11.2. The predicted molar refractivity (Wildman–Crippen MR) is 71.9 cm³/mol. The van der Waals surface area contributed by atoms with Gasteiger partial charge in [0, 0.05) is 25.3 Å². The number of aryl methyl sites for hydroxylation is 1. The van der Waals surface area contributed by atoms with Gasteiger partial charge in [-0.1, -0.05) is 13.8 Å². The SMILES string of the molecule is Cc1cnn(CCNS(=O)(=O)CCNC(C)C)c1. The Labute approximate surface area is 109 Å². The number of nitrogens with one attached hydrogen (secondary N) is 2. The van der Waals surface area contributed by atoms with E-state index >= 15 is 0 Å². The highest BCUT2D eigenvalue weighted by Crippen LogP contribution is 1.93. The van der Waals surface area contributed by atoms with Crippen molar-refractivity contribution in [3.05, 3.63) is 18.0 Å². The van der Waals surface area contributed by atoms with E-state index in [1.807, 2.05) is 27.0 Å². The van der Waals surface area contributed by atoms with Gasteiger partial charge in [0.05, 0.1) is 18.5 Å². The zero-order chi connectivity index (χ0) is 13.6. The summed E-state index contributed by atoms with van der Waals surface area (Å²) in [5.74, 6) is 0.101. The van der Waals surface area contributed by atoms with Crippen molar-refractivity contribution in [1.29, 1.82) is 0 Å². The van der Waals surface area contributed by atoms with E-state index in [2.05, 4.69) is 15.1 Å². The largest absolute Gasteiger partial charge is 0.313 e. The maximum absolute atomic E-state index is 11.6. The lowest BCUT2D eigenvalue weighted by Crippen LogP contribution is -2.35.